The molecule has 5 fully saturated rings. The third-order valence-electron chi connectivity index (χ3n) is 7.61. The largest absolute Gasteiger partial charge is 0.390 e. The summed E-state index contributed by atoms with van der Waals surface area (Å²) in [4.78, 5) is 15.6. The lowest BCUT2D eigenvalue weighted by Crippen LogP contribution is -2.66. The molecule has 3 unspecified atom stereocenters. The average molecular weight is 382 g/mol. The second-order valence-electron chi connectivity index (χ2n) is 9.66. The standard InChI is InChI=1S/C23H31N3O2/c1-13(21(24)20-18(15-6-7-15)4-3-5-19(20)25-2)22(27)26-16-8-14-9-17(26)12-23(28,10-14)11-16/h3-5,13-17,24-25,28H,6-12H2,1-2H3. The first kappa shape index (κ1) is 18.2. The maximum Gasteiger partial charge on any atom is 0.231 e. The molecule has 0 spiro atoms. The third-order valence-corrected chi connectivity index (χ3v) is 7.61. The molecule has 0 aromatic heterocycles. The van der Waals surface area contributed by atoms with E-state index in [1.807, 2.05) is 26.1 Å². The lowest BCUT2D eigenvalue weighted by atomic mass is 9.61. The maximum atomic E-state index is 13.5. The third kappa shape index (κ3) is 2.78. The Labute approximate surface area is 167 Å². The number of carbonyl (C=O) groups excluding carboxylic acids is 1. The molecule has 1 amide bonds. The second kappa shape index (κ2) is 6.31. The minimum absolute atomic E-state index is 0.0788. The zero-order valence-corrected chi connectivity index (χ0v) is 16.9. The number of hydrogen-bond donors (Lipinski definition) is 3. The molecule has 3 N–H and O–H groups in total. The maximum absolute atomic E-state index is 13.5. The number of carbonyl (C=O) groups is 1. The van der Waals surface area contributed by atoms with Crippen LogP contribution in [0.4, 0.5) is 5.69 Å². The summed E-state index contributed by atoms with van der Waals surface area (Å²) in [6, 6.07) is 6.48. The Hall–Kier alpha value is -1.88. The highest BCUT2D eigenvalue weighted by Crippen LogP contribution is 2.52. The Morgan fingerprint density at radius 3 is 2.50 bits per heavy atom. The van der Waals surface area contributed by atoms with Gasteiger partial charge in [0, 0.05) is 30.4 Å². The predicted molar refractivity (Wildman–Crippen MR) is 110 cm³/mol. The molecule has 0 radical (unpaired) electrons. The van der Waals surface area contributed by atoms with Crippen molar-refractivity contribution in [3.05, 3.63) is 29.3 Å². The van der Waals surface area contributed by atoms with E-state index >= 15 is 0 Å². The van der Waals surface area contributed by atoms with Gasteiger partial charge in [0.25, 0.3) is 0 Å². The van der Waals surface area contributed by atoms with E-state index in [0.29, 0.717) is 30.4 Å². The Balaban J connectivity index is 1.42. The average Bonchev–Trinajstić information content (AvgIpc) is 3.49. The molecular formula is C23H31N3O2. The summed E-state index contributed by atoms with van der Waals surface area (Å²) in [6.45, 7) is 1.90. The molecule has 1 aromatic rings. The summed E-state index contributed by atoms with van der Waals surface area (Å²) >= 11 is 0. The van der Waals surface area contributed by atoms with Crippen LogP contribution < -0.4 is 5.32 Å². The van der Waals surface area contributed by atoms with Gasteiger partial charge in [0.1, 0.15) is 0 Å². The molecule has 28 heavy (non-hydrogen) atoms. The molecule has 3 saturated carbocycles. The van der Waals surface area contributed by atoms with Crippen LogP contribution in [0, 0.1) is 17.2 Å². The molecule has 150 valence electrons. The lowest BCUT2D eigenvalue weighted by Gasteiger charge is -2.60. The van der Waals surface area contributed by atoms with E-state index in [1.165, 1.54) is 18.4 Å². The number of aliphatic hydroxyl groups is 1. The number of piperidine rings is 2. The van der Waals surface area contributed by atoms with Gasteiger partial charge >= 0.3 is 0 Å². The summed E-state index contributed by atoms with van der Waals surface area (Å²) in [5, 5.41) is 23.0. The molecule has 3 atom stereocenters. The number of anilines is 1. The summed E-state index contributed by atoms with van der Waals surface area (Å²) in [5.41, 5.74) is 2.97. The fourth-order valence-corrected chi connectivity index (χ4v) is 6.32. The number of rotatable bonds is 5. The smallest absolute Gasteiger partial charge is 0.231 e. The van der Waals surface area contributed by atoms with Crippen molar-refractivity contribution in [1.82, 2.24) is 4.90 Å². The van der Waals surface area contributed by atoms with Crippen LogP contribution in [-0.4, -0.2) is 46.4 Å². The molecule has 1 aromatic carbocycles. The van der Waals surface area contributed by atoms with Gasteiger partial charge in [-0.25, -0.2) is 0 Å². The van der Waals surface area contributed by atoms with Crippen molar-refractivity contribution in [2.75, 3.05) is 12.4 Å². The van der Waals surface area contributed by atoms with Crippen LogP contribution in [0.25, 0.3) is 0 Å². The Morgan fingerprint density at radius 1 is 1.25 bits per heavy atom. The van der Waals surface area contributed by atoms with Crippen LogP contribution in [0.15, 0.2) is 18.2 Å². The second-order valence-corrected chi connectivity index (χ2v) is 9.66. The minimum Gasteiger partial charge on any atom is -0.390 e. The molecule has 5 heteroatoms. The molecule has 4 bridgehead atoms. The van der Waals surface area contributed by atoms with Gasteiger partial charge in [-0.3, -0.25) is 4.79 Å². The van der Waals surface area contributed by atoms with Gasteiger partial charge in [-0.15, -0.1) is 0 Å². The van der Waals surface area contributed by atoms with Crippen molar-refractivity contribution < 1.29 is 9.90 Å². The Bertz CT molecular complexity index is 815. The molecule has 2 aliphatic heterocycles. The van der Waals surface area contributed by atoms with Crippen molar-refractivity contribution in [2.45, 2.75) is 75.5 Å². The first-order valence-electron chi connectivity index (χ1n) is 10.8. The molecule has 6 rings (SSSR count). The van der Waals surface area contributed by atoms with Gasteiger partial charge in [-0.1, -0.05) is 12.1 Å². The lowest BCUT2D eigenvalue weighted by molar-refractivity contribution is -0.175. The molecule has 5 nitrogen and oxygen atoms in total. The van der Waals surface area contributed by atoms with Crippen molar-refractivity contribution in [1.29, 1.82) is 5.41 Å². The van der Waals surface area contributed by atoms with Crippen molar-refractivity contribution in [3.63, 3.8) is 0 Å². The Kier molecular flexibility index (Phi) is 4.10. The number of nitrogens with one attached hydrogen (secondary N) is 2. The van der Waals surface area contributed by atoms with Gasteiger partial charge in [0.05, 0.1) is 17.2 Å². The normalized spacial score (nSPS) is 34.4. The number of hydrogen-bond acceptors (Lipinski definition) is 4. The van der Waals surface area contributed by atoms with E-state index in [2.05, 4.69) is 16.3 Å². The van der Waals surface area contributed by atoms with E-state index in [9.17, 15) is 9.90 Å². The highest BCUT2D eigenvalue weighted by molar-refractivity contribution is 6.14. The highest BCUT2D eigenvalue weighted by Gasteiger charge is 2.55. The monoisotopic (exact) mass is 381 g/mol. The summed E-state index contributed by atoms with van der Waals surface area (Å²) in [5.74, 6) is 0.712. The van der Waals surface area contributed by atoms with E-state index in [1.54, 1.807) is 0 Å². The fourth-order valence-electron chi connectivity index (χ4n) is 6.32. The number of amides is 1. The quantitative estimate of drug-likeness (QED) is 0.683. The van der Waals surface area contributed by atoms with Crippen LogP contribution in [0.3, 0.4) is 0 Å². The first-order valence-corrected chi connectivity index (χ1v) is 10.8. The summed E-state index contributed by atoms with van der Waals surface area (Å²) in [7, 11) is 1.89. The van der Waals surface area contributed by atoms with Gasteiger partial charge in [-0.2, -0.15) is 0 Å². The topological polar surface area (TPSA) is 76.4 Å². The van der Waals surface area contributed by atoms with Crippen LogP contribution >= 0.6 is 0 Å². The van der Waals surface area contributed by atoms with Crippen molar-refractivity contribution in [2.24, 2.45) is 11.8 Å². The zero-order chi connectivity index (χ0) is 19.6. The molecule has 2 saturated heterocycles. The predicted octanol–water partition coefficient (Wildman–Crippen LogP) is 3.51. The van der Waals surface area contributed by atoms with Gasteiger partial charge in [0.2, 0.25) is 5.91 Å². The van der Waals surface area contributed by atoms with Crippen LogP contribution in [0.1, 0.15) is 68.9 Å². The number of benzene rings is 1. The zero-order valence-electron chi connectivity index (χ0n) is 16.9. The molecular weight excluding hydrogens is 350 g/mol. The van der Waals surface area contributed by atoms with Crippen molar-refractivity contribution >= 4 is 17.3 Å². The van der Waals surface area contributed by atoms with Crippen LogP contribution in [0.5, 0.6) is 0 Å². The summed E-state index contributed by atoms with van der Waals surface area (Å²) < 4.78 is 0. The molecule has 5 aliphatic rings. The van der Waals surface area contributed by atoms with E-state index in [0.717, 1.165) is 30.5 Å². The summed E-state index contributed by atoms with van der Waals surface area (Å²) in [6.07, 6.45) is 6.72. The van der Waals surface area contributed by atoms with Gasteiger partial charge < -0.3 is 20.7 Å². The van der Waals surface area contributed by atoms with E-state index < -0.39 is 11.5 Å². The van der Waals surface area contributed by atoms with E-state index in [-0.39, 0.29) is 18.0 Å². The first-order chi connectivity index (χ1) is 13.4. The van der Waals surface area contributed by atoms with E-state index in [4.69, 9.17) is 5.41 Å². The van der Waals surface area contributed by atoms with Gasteiger partial charge in [0.15, 0.2) is 0 Å². The number of nitrogens with zero attached hydrogens (tertiary/aromatic N) is 1. The minimum atomic E-state index is -0.554. The van der Waals surface area contributed by atoms with Crippen LogP contribution in [0.2, 0.25) is 0 Å². The molecule has 3 aliphatic carbocycles. The van der Waals surface area contributed by atoms with Crippen molar-refractivity contribution in [3.8, 4) is 0 Å². The molecule has 2 heterocycles. The van der Waals surface area contributed by atoms with Crippen LogP contribution in [-0.2, 0) is 4.79 Å². The van der Waals surface area contributed by atoms with Gasteiger partial charge in [-0.05, 0) is 75.3 Å². The SMILES string of the molecule is CNc1cccc(C2CC2)c1C(=N)C(C)C(=O)N1C2CC3CC1CC(O)(C3)C2. The fraction of sp³-hybridized carbons (Fsp3) is 0.652. The Morgan fingerprint density at radius 2 is 1.93 bits per heavy atom. The highest BCUT2D eigenvalue weighted by atomic mass is 16.3.